The smallest absolute Gasteiger partial charge is 0.168 e. The Balaban J connectivity index is 1.38. The molecule has 4 aliphatic carbocycles. The van der Waals surface area contributed by atoms with Gasteiger partial charge in [0.1, 0.15) is 0 Å². The Morgan fingerprint density at radius 1 is 1.13 bits per heavy atom. The summed E-state index contributed by atoms with van der Waals surface area (Å²) in [6.45, 7) is 7.39. The number of unbranched alkanes of at least 4 members (excludes halogenated alkanes) is 1. The largest absolute Gasteiger partial charge is 0.396 e. The predicted molar refractivity (Wildman–Crippen MR) is 117 cm³/mol. The van der Waals surface area contributed by atoms with E-state index in [0.717, 1.165) is 56.8 Å². The normalized spacial score (nSPS) is 54.7. The number of allylic oxidation sites excluding steroid dienone is 1. The first-order valence-corrected chi connectivity index (χ1v) is 12.6. The first-order chi connectivity index (χ1) is 14.2. The van der Waals surface area contributed by atoms with Crippen LogP contribution < -0.4 is 0 Å². The fraction of sp³-hybridized carbons (Fsp3) is 0.923. The van der Waals surface area contributed by atoms with Gasteiger partial charge in [0.25, 0.3) is 0 Å². The van der Waals surface area contributed by atoms with Crippen LogP contribution in [0.1, 0.15) is 85.0 Å². The van der Waals surface area contributed by atoms with Gasteiger partial charge in [0.15, 0.2) is 5.79 Å². The molecule has 0 spiro atoms. The van der Waals surface area contributed by atoms with Gasteiger partial charge in [-0.1, -0.05) is 32.4 Å². The molecule has 3 saturated carbocycles. The van der Waals surface area contributed by atoms with Gasteiger partial charge in [0, 0.05) is 18.9 Å². The van der Waals surface area contributed by atoms with Crippen molar-refractivity contribution in [3.05, 3.63) is 11.6 Å². The number of hydrogen-bond donors (Lipinski definition) is 3. The second kappa shape index (κ2) is 7.30. The van der Waals surface area contributed by atoms with E-state index in [2.05, 4.69) is 26.8 Å². The summed E-state index contributed by atoms with van der Waals surface area (Å²) in [5.41, 5.74) is 2.06. The molecular weight excluding hydrogens is 376 g/mol. The van der Waals surface area contributed by atoms with E-state index in [9.17, 15) is 10.2 Å². The van der Waals surface area contributed by atoms with Crippen molar-refractivity contribution in [1.82, 2.24) is 0 Å². The average Bonchev–Trinajstić information content (AvgIpc) is 3.13. The molecule has 4 heteroatoms. The summed E-state index contributed by atoms with van der Waals surface area (Å²) in [5, 5.41) is 30.7. The highest BCUT2D eigenvalue weighted by atomic mass is 16.6. The van der Waals surface area contributed by atoms with Crippen molar-refractivity contribution in [1.29, 1.82) is 0 Å². The minimum atomic E-state index is -1.01. The van der Waals surface area contributed by atoms with Crippen molar-refractivity contribution in [2.45, 2.75) is 103 Å². The topological polar surface area (TPSA) is 69.9 Å². The molecule has 5 rings (SSSR count). The fourth-order valence-corrected chi connectivity index (χ4v) is 9.11. The zero-order chi connectivity index (χ0) is 21.3. The highest BCUT2D eigenvalue weighted by molar-refractivity contribution is 5.26. The summed E-state index contributed by atoms with van der Waals surface area (Å²) in [6, 6.07) is 0. The predicted octanol–water partition coefficient (Wildman–Crippen LogP) is 4.42. The van der Waals surface area contributed by atoms with E-state index in [1.165, 1.54) is 18.4 Å². The van der Waals surface area contributed by atoms with Gasteiger partial charge >= 0.3 is 0 Å². The molecule has 0 amide bonds. The lowest BCUT2D eigenvalue weighted by Crippen LogP contribution is -2.51. The molecule has 0 bridgehead atoms. The molecule has 5 aliphatic rings. The van der Waals surface area contributed by atoms with Gasteiger partial charge in [-0.15, -0.1) is 0 Å². The van der Waals surface area contributed by atoms with Crippen LogP contribution in [0.5, 0.6) is 0 Å². The van der Waals surface area contributed by atoms with Gasteiger partial charge in [-0.25, -0.2) is 0 Å². The zero-order valence-corrected chi connectivity index (χ0v) is 19.1. The molecular formula is C26H42O4. The van der Waals surface area contributed by atoms with Gasteiger partial charge in [0.05, 0.1) is 12.2 Å². The van der Waals surface area contributed by atoms with Crippen molar-refractivity contribution in [2.24, 2.45) is 40.4 Å². The van der Waals surface area contributed by atoms with Crippen LogP contribution in [0.25, 0.3) is 0 Å². The number of aliphatic hydroxyl groups excluding tert-OH is 2. The molecule has 0 radical (unpaired) electrons. The van der Waals surface area contributed by atoms with Crippen molar-refractivity contribution in [3.8, 4) is 0 Å². The lowest BCUT2D eigenvalue weighted by molar-refractivity contribution is -0.219. The number of ether oxygens (including phenoxy) is 1. The molecule has 1 aliphatic heterocycles. The Hall–Kier alpha value is -0.420. The summed E-state index contributed by atoms with van der Waals surface area (Å²) >= 11 is 0. The summed E-state index contributed by atoms with van der Waals surface area (Å²) in [6.07, 6.45) is 12.5. The third-order valence-electron chi connectivity index (χ3n) is 10.7. The quantitative estimate of drug-likeness (QED) is 0.467. The number of hydrogen-bond acceptors (Lipinski definition) is 4. The number of fused-ring (bicyclic) bond motifs is 7. The number of aliphatic hydroxyl groups is 3. The molecule has 4 nitrogen and oxygen atoms in total. The second-order valence-electron chi connectivity index (χ2n) is 11.9. The monoisotopic (exact) mass is 418 g/mol. The summed E-state index contributed by atoms with van der Waals surface area (Å²) in [4.78, 5) is 0. The molecule has 4 fully saturated rings. The maximum atomic E-state index is 11.3. The second-order valence-corrected chi connectivity index (χ2v) is 11.9. The highest BCUT2D eigenvalue weighted by Gasteiger charge is 2.67. The SMILES string of the molecule is CC1C2C(CC3C4CC=C5CC(O)CCC5(C)C4CCC32C)OC1(O)CCCCO. The number of rotatable bonds is 4. The molecule has 0 aromatic heterocycles. The zero-order valence-electron chi connectivity index (χ0n) is 19.1. The molecule has 10 unspecified atom stereocenters. The van der Waals surface area contributed by atoms with E-state index >= 15 is 0 Å². The Morgan fingerprint density at radius 2 is 1.93 bits per heavy atom. The maximum absolute atomic E-state index is 11.3. The van der Waals surface area contributed by atoms with E-state index in [-0.39, 0.29) is 35.6 Å². The molecule has 1 heterocycles. The Labute approximate surface area is 182 Å². The van der Waals surface area contributed by atoms with Crippen LogP contribution in [0.4, 0.5) is 0 Å². The van der Waals surface area contributed by atoms with Crippen LogP contribution in [0.3, 0.4) is 0 Å². The van der Waals surface area contributed by atoms with Gasteiger partial charge < -0.3 is 20.1 Å². The lowest BCUT2D eigenvalue weighted by atomic mass is 9.47. The molecule has 0 aromatic rings. The van der Waals surface area contributed by atoms with Crippen LogP contribution in [-0.2, 0) is 4.74 Å². The van der Waals surface area contributed by atoms with Crippen molar-refractivity contribution < 1.29 is 20.1 Å². The molecule has 0 aromatic carbocycles. The van der Waals surface area contributed by atoms with Gasteiger partial charge in [-0.05, 0) is 92.3 Å². The first kappa shape index (κ1) is 21.4. The van der Waals surface area contributed by atoms with Crippen molar-refractivity contribution in [3.63, 3.8) is 0 Å². The van der Waals surface area contributed by atoms with Gasteiger partial charge in [-0.2, -0.15) is 0 Å². The van der Waals surface area contributed by atoms with Crippen LogP contribution in [0.2, 0.25) is 0 Å². The van der Waals surface area contributed by atoms with Crippen LogP contribution in [0.15, 0.2) is 11.6 Å². The third kappa shape index (κ3) is 2.93. The standard InChI is InChI=1S/C26H42O4/c1-16-23-22(30-26(16,29)10-4-5-13-27)15-21-19-7-6-17-14-18(28)8-11-24(17,2)20(19)9-12-25(21,23)3/h6,16,18-23,27-29H,4-5,7-15H2,1-3H3. The van der Waals surface area contributed by atoms with E-state index < -0.39 is 5.79 Å². The Kier molecular flexibility index (Phi) is 5.21. The third-order valence-corrected chi connectivity index (χ3v) is 10.7. The maximum Gasteiger partial charge on any atom is 0.168 e. The molecule has 30 heavy (non-hydrogen) atoms. The van der Waals surface area contributed by atoms with E-state index in [1.54, 1.807) is 0 Å². The highest BCUT2D eigenvalue weighted by Crippen LogP contribution is 2.70. The molecule has 1 saturated heterocycles. The lowest BCUT2D eigenvalue weighted by Gasteiger charge is -2.58. The summed E-state index contributed by atoms with van der Waals surface area (Å²) < 4.78 is 6.44. The summed E-state index contributed by atoms with van der Waals surface area (Å²) in [7, 11) is 0. The van der Waals surface area contributed by atoms with E-state index in [4.69, 9.17) is 9.84 Å². The van der Waals surface area contributed by atoms with Crippen LogP contribution >= 0.6 is 0 Å². The van der Waals surface area contributed by atoms with E-state index in [1.807, 2.05) is 0 Å². The van der Waals surface area contributed by atoms with Crippen LogP contribution in [0, 0.1) is 40.4 Å². The van der Waals surface area contributed by atoms with Crippen molar-refractivity contribution in [2.75, 3.05) is 6.61 Å². The molecule has 170 valence electrons. The Bertz CT molecular complexity index is 705. The first-order valence-electron chi connectivity index (χ1n) is 12.6. The Morgan fingerprint density at radius 3 is 2.70 bits per heavy atom. The van der Waals surface area contributed by atoms with E-state index in [0.29, 0.717) is 18.3 Å². The van der Waals surface area contributed by atoms with Gasteiger partial charge in [-0.3, -0.25) is 0 Å². The van der Waals surface area contributed by atoms with Crippen molar-refractivity contribution >= 4 is 0 Å². The fourth-order valence-electron chi connectivity index (χ4n) is 9.11. The van der Waals surface area contributed by atoms with Crippen LogP contribution in [-0.4, -0.2) is 39.9 Å². The molecule has 10 atom stereocenters. The minimum Gasteiger partial charge on any atom is -0.396 e. The average molecular weight is 419 g/mol. The molecule has 3 N–H and O–H groups in total. The van der Waals surface area contributed by atoms with Gasteiger partial charge in [0.2, 0.25) is 0 Å². The summed E-state index contributed by atoms with van der Waals surface area (Å²) in [5.74, 6) is 1.71. The minimum absolute atomic E-state index is 0.140.